The van der Waals surface area contributed by atoms with Crippen LogP contribution in [0, 0.1) is 11.8 Å². The Balaban J connectivity index is 0.000000555. The molecule has 3 atom stereocenters. The van der Waals surface area contributed by atoms with Gasteiger partial charge < -0.3 is 25.3 Å². The first-order chi connectivity index (χ1) is 17.7. The van der Waals surface area contributed by atoms with Crippen molar-refractivity contribution in [2.24, 2.45) is 23.9 Å². The zero-order valence-electron chi connectivity index (χ0n) is 22.3. The number of aldehydes is 1. The summed E-state index contributed by atoms with van der Waals surface area (Å²) >= 11 is 0. The van der Waals surface area contributed by atoms with Gasteiger partial charge in [-0.05, 0) is 38.1 Å². The molecular weight excluding hydrogens is 488 g/mol. The Bertz CT molecular complexity index is 1280. The molecule has 0 amide bonds. The molecule has 0 radical (unpaired) electrons. The van der Waals surface area contributed by atoms with Gasteiger partial charge in [-0.15, -0.1) is 0 Å². The first-order valence-corrected chi connectivity index (χ1v) is 13.6. The van der Waals surface area contributed by atoms with E-state index in [1.54, 1.807) is 30.1 Å². The van der Waals surface area contributed by atoms with Crippen LogP contribution in [0.4, 0.5) is 34.4 Å². The zero-order valence-corrected chi connectivity index (χ0v) is 23.1. The molecule has 4 rings (SSSR count). The van der Waals surface area contributed by atoms with Crippen LogP contribution in [0.5, 0.6) is 0 Å². The number of aryl methyl sites for hydroxylation is 1. The first-order valence-electron chi connectivity index (χ1n) is 12.1. The zero-order chi connectivity index (χ0) is 27.1. The van der Waals surface area contributed by atoms with Crippen LogP contribution in [-0.4, -0.2) is 58.6 Å². The fourth-order valence-corrected chi connectivity index (χ4v) is 4.16. The lowest BCUT2D eigenvalue weighted by molar-refractivity contribution is -0.109. The smallest absolute Gasteiger partial charge is 0.156 e. The Kier molecular flexibility index (Phi) is 9.40. The number of hydrogen-bond donors (Lipinski definition) is 3. The third-order valence-electron chi connectivity index (χ3n) is 6.20. The average Bonchev–Trinajstić information content (AvgIpc) is 3.45. The molecule has 2 aromatic heterocycles. The summed E-state index contributed by atoms with van der Waals surface area (Å²) in [5.74, 6) is 2.44. The van der Waals surface area contributed by atoms with Crippen molar-refractivity contribution in [3.05, 3.63) is 36.8 Å². The van der Waals surface area contributed by atoms with Gasteiger partial charge in [-0.2, -0.15) is 0 Å². The van der Waals surface area contributed by atoms with Gasteiger partial charge in [-0.25, -0.2) is 14.2 Å². The van der Waals surface area contributed by atoms with Crippen molar-refractivity contribution in [1.82, 2.24) is 14.5 Å². The molecule has 0 saturated heterocycles. The minimum Gasteiger partial charge on any atom is -0.373 e. The Labute approximate surface area is 221 Å². The molecule has 2 heterocycles. The quantitative estimate of drug-likeness (QED) is 0.262. The number of imidazole rings is 1. The van der Waals surface area contributed by atoms with Gasteiger partial charge in [0.2, 0.25) is 0 Å². The number of rotatable bonds is 10. The van der Waals surface area contributed by atoms with Crippen molar-refractivity contribution < 1.29 is 9.00 Å². The highest BCUT2D eigenvalue weighted by atomic mass is 32.2. The van der Waals surface area contributed by atoms with E-state index in [1.165, 1.54) is 0 Å². The normalized spacial score (nSPS) is 16.6. The van der Waals surface area contributed by atoms with E-state index >= 15 is 0 Å². The molecule has 1 saturated carbocycles. The molecule has 1 aliphatic carbocycles. The number of anilines is 5. The van der Waals surface area contributed by atoms with E-state index in [9.17, 15) is 9.00 Å². The number of nitrogens with zero attached hydrogens (tertiary/aromatic N) is 5. The summed E-state index contributed by atoms with van der Waals surface area (Å²) in [6.07, 6.45) is 7.38. The number of benzene rings is 1. The van der Waals surface area contributed by atoms with Gasteiger partial charge in [0, 0.05) is 51.5 Å². The van der Waals surface area contributed by atoms with E-state index in [4.69, 9.17) is 0 Å². The molecular formula is C26H36N8O2S. The second kappa shape index (κ2) is 12.5. The monoisotopic (exact) mass is 524 g/mol. The maximum absolute atomic E-state index is 12.3. The standard InChI is InChI=1S/C21H28N8OS.C5H8O/c1-7-25-21-20(23-3)16(11-19(22-2)27-21)26-15-9-8-14(18-12-24-13-28(18)4)10-17(15)29(5)31(6)30;1-4-2-5(4)3-6/h8-13H,3,7H2,1-2,4-6H3,(H3,22,25,26,27);3-5H,2H2,1H3. The number of carbonyl (C=O) groups is 1. The van der Waals surface area contributed by atoms with E-state index in [2.05, 4.69) is 44.6 Å². The summed E-state index contributed by atoms with van der Waals surface area (Å²) in [6.45, 7) is 8.51. The maximum Gasteiger partial charge on any atom is 0.156 e. The highest BCUT2D eigenvalue weighted by Crippen LogP contribution is 2.39. The molecule has 37 heavy (non-hydrogen) atoms. The molecule has 10 nitrogen and oxygen atoms in total. The molecule has 11 heteroatoms. The highest BCUT2D eigenvalue weighted by Gasteiger charge is 2.31. The van der Waals surface area contributed by atoms with Gasteiger partial charge in [-0.1, -0.05) is 13.0 Å². The van der Waals surface area contributed by atoms with E-state index < -0.39 is 11.0 Å². The number of aromatic nitrogens is 3. The second-order valence-electron chi connectivity index (χ2n) is 8.87. The largest absolute Gasteiger partial charge is 0.373 e. The lowest BCUT2D eigenvalue weighted by atomic mass is 10.1. The Morgan fingerprint density at radius 2 is 2.05 bits per heavy atom. The van der Waals surface area contributed by atoms with Crippen molar-refractivity contribution in [3.63, 3.8) is 0 Å². The third-order valence-corrected chi connectivity index (χ3v) is 7.17. The maximum atomic E-state index is 12.3. The Morgan fingerprint density at radius 1 is 1.32 bits per heavy atom. The fourth-order valence-electron chi connectivity index (χ4n) is 3.73. The lowest BCUT2D eigenvalue weighted by Gasteiger charge is -2.22. The third kappa shape index (κ3) is 6.73. The van der Waals surface area contributed by atoms with E-state index in [1.807, 2.05) is 49.9 Å². The van der Waals surface area contributed by atoms with Crippen molar-refractivity contribution in [2.45, 2.75) is 20.3 Å². The predicted octanol–water partition coefficient (Wildman–Crippen LogP) is 4.60. The van der Waals surface area contributed by atoms with Crippen molar-refractivity contribution in [3.8, 4) is 11.3 Å². The van der Waals surface area contributed by atoms with Gasteiger partial charge in [0.05, 0.1) is 35.3 Å². The van der Waals surface area contributed by atoms with Crippen LogP contribution in [0.15, 0.2) is 41.8 Å². The SMILES string of the molecule is C=Nc1c(Nc2ccc(-c3cncn3C)cc2N(C)S(C)=O)cc(NC)nc1NCC.CC1CC1C=O. The molecule has 0 aliphatic heterocycles. The summed E-state index contributed by atoms with van der Waals surface area (Å²) in [5, 5.41) is 9.73. The van der Waals surface area contributed by atoms with Crippen LogP contribution in [0.2, 0.25) is 0 Å². The Hall–Kier alpha value is -3.73. The molecule has 3 aromatic rings. The molecule has 1 fully saturated rings. The van der Waals surface area contributed by atoms with Gasteiger partial charge in [0.25, 0.3) is 0 Å². The number of hydrogen-bond acceptors (Lipinski definition) is 8. The van der Waals surface area contributed by atoms with E-state index in [-0.39, 0.29) is 0 Å². The fraction of sp³-hybridized carbons (Fsp3) is 0.385. The van der Waals surface area contributed by atoms with E-state index in [0.717, 1.165) is 41.0 Å². The van der Waals surface area contributed by atoms with Crippen LogP contribution in [0.3, 0.4) is 0 Å². The minimum absolute atomic E-state index is 0.421. The summed E-state index contributed by atoms with van der Waals surface area (Å²) < 4.78 is 16.0. The molecule has 0 bridgehead atoms. The predicted molar refractivity (Wildman–Crippen MR) is 155 cm³/mol. The first kappa shape index (κ1) is 27.9. The minimum atomic E-state index is -1.21. The molecule has 198 valence electrons. The van der Waals surface area contributed by atoms with Crippen molar-refractivity contribution >= 4 is 58.4 Å². The summed E-state index contributed by atoms with van der Waals surface area (Å²) in [5.41, 5.74) is 4.84. The van der Waals surface area contributed by atoms with Crippen LogP contribution in [0.25, 0.3) is 11.3 Å². The molecule has 0 spiro atoms. The average molecular weight is 525 g/mol. The van der Waals surface area contributed by atoms with Crippen LogP contribution in [0.1, 0.15) is 20.3 Å². The van der Waals surface area contributed by atoms with Gasteiger partial charge in [-0.3, -0.25) is 9.30 Å². The summed E-state index contributed by atoms with van der Waals surface area (Å²) in [7, 11) is 4.34. The van der Waals surface area contributed by atoms with Crippen LogP contribution in [-0.2, 0) is 22.8 Å². The topological polar surface area (TPSA) is 117 Å². The molecule has 3 N–H and O–H groups in total. The van der Waals surface area contributed by atoms with Gasteiger partial charge in [0.1, 0.15) is 28.8 Å². The van der Waals surface area contributed by atoms with Crippen molar-refractivity contribution in [2.75, 3.05) is 47.2 Å². The molecule has 1 aliphatic rings. The summed E-state index contributed by atoms with van der Waals surface area (Å²) in [4.78, 5) is 22.7. The van der Waals surface area contributed by atoms with Crippen LogP contribution < -0.4 is 20.3 Å². The van der Waals surface area contributed by atoms with E-state index in [0.29, 0.717) is 35.7 Å². The molecule has 3 unspecified atom stereocenters. The van der Waals surface area contributed by atoms with Crippen LogP contribution >= 0.6 is 0 Å². The lowest BCUT2D eigenvalue weighted by Crippen LogP contribution is -2.20. The van der Waals surface area contributed by atoms with Gasteiger partial charge in [0.15, 0.2) is 5.82 Å². The second-order valence-corrected chi connectivity index (χ2v) is 10.3. The van der Waals surface area contributed by atoms with Crippen molar-refractivity contribution in [1.29, 1.82) is 0 Å². The summed E-state index contributed by atoms with van der Waals surface area (Å²) in [6, 6.07) is 7.82. The van der Waals surface area contributed by atoms with Gasteiger partial charge >= 0.3 is 0 Å². The molecule has 1 aromatic carbocycles. The highest BCUT2D eigenvalue weighted by molar-refractivity contribution is 7.85. The number of nitrogens with one attached hydrogen (secondary N) is 3. The number of aliphatic imine (C=N–C) groups is 1. The number of carbonyl (C=O) groups excluding carboxylic acids is 1. The number of pyridine rings is 1. The Morgan fingerprint density at radius 3 is 2.54 bits per heavy atom.